The maximum Gasteiger partial charge on any atom is 0.233 e. The topological polar surface area (TPSA) is 92.3 Å². The summed E-state index contributed by atoms with van der Waals surface area (Å²) in [6.07, 6.45) is 1.02. The summed E-state index contributed by atoms with van der Waals surface area (Å²) in [6, 6.07) is 7.06. The van der Waals surface area contributed by atoms with E-state index >= 15 is 0 Å². The molecule has 0 fully saturated rings. The Balaban J connectivity index is 2.92. The highest BCUT2D eigenvalue weighted by Crippen LogP contribution is 2.23. The Labute approximate surface area is 126 Å². The van der Waals surface area contributed by atoms with Crippen molar-refractivity contribution in [3.63, 3.8) is 0 Å². The molecule has 120 valence electrons. The molecule has 0 saturated carbocycles. The molecule has 0 amide bonds. The third kappa shape index (κ3) is 6.45. The molecule has 6 nitrogen and oxygen atoms in total. The van der Waals surface area contributed by atoms with Crippen molar-refractivity contribution in [1.29, 1.82) is 0 Å². The molecule has 0 aliphatic carbocycles. The SMILES string of the molecule is CCNC(C)c1ccccc1NS(=O)(=O)CCS(C)(=O)=O. The first-order chi connectivity index (χ1) is 9.64. The van der Waals surface area contributed by atoms with Crippen LogP contribution in [0.25, 0.3) is 0 Å². The van der Waals surface area contributed by atoms with Gasteiger partial charge in [-0.25, -0.2) is 16.8 Å². The highest BCUT2D eigenvalue weighted by atomic mass is 32.2. The zero-order valence-electron chi connectivity index (χ0n) is 12.5. The van der Waals surface area contributed by atoms with E-state index in [0.717, 1.165) is 18.4 Å². The summed E-state index contributed by atoms with van der Waals surface area (Å²) in [5, 5.41) is 3.21. The van der Waals surface area contributed by atoms with E-state index in [-0.39, 0.29) is 6.04 Å². The number of rotatable bonds is 8. The van der Waals surface area contributed by atoms with Crippen molar-refractivity contribution >= 4 is 25.5 Å². The van der Waals surface area contributed by atoms with E-state index in [9.17, 15) is 16.8 Å². The predicted molar refractivity (Wildman–Crippen MR) is 85.7 cm³/mol. The van der Waals surface area contributed by atoms with Crippen molar-refractivity contribution in [1.82, 2.24) is 5.32 Å². The summed E-state index contributed by atoms with van der Waals surface area (Å²) in [4.78, 5) is 0. The Kier molecular flexibility index (Phi) is 6.18. The van der Waals surface area contributed by atoms with Gasteiger partial charge in [-0.05, 0) is 25.1 Å². The fraction of sp³-hybridized carbons (Fsp3) is 0.538. The lowest BCUT2D eigenvalue weighted by Gasteiger charge is -2.18. The van der Waals surface area contributed by atoms with Gasteiger partial charge in [0.2, 0.25) is 10.0 Å². The Hall–Kier alpha value is -1.12. The minimum Gasteiger partial charge on any atom is -0.310 e. The molecule has 0 aromatic heterocycles. The fourth-order valence-corrected chi connectivity index (χ4v) is 4.58. The van der Waals surface area contributed by atoms with Crippen LogP contribution in [0.1, 0.15) is 25.5 Å². The molecule has 0 heterocycles. The van der Waals surface area contributed by atoms with Crippen molar-refractivity contribution < 1.29 is 16.8 Å². The largest absolute Gasteiger partial charge is 0.310 e. The van der Waals surface area contributed by atoms with Gasteiger partial charge < -0.3 is 5.32 Å². The van der Waals surface area contributed by atoms with Crippen LogP contribution in [0.5, 0.6) is 0 Å². The zero-order chi connectivity index (χ0) is 16.1. The van der Waals surface area contributed by atoms with E-state index in [4.69, 9.17) is 0 Å². The van der Waals surface area contributed by atoms with Gasteiger partial charge in [0.25, 0.3) is 0 Å². The molecule has 0 radical (unpaired) electrons. The lowest BCUT2D eigenvalue weighted by Crippen LogP contribution is -2.24. The van der Waals surface area contributed by atoms with Crippen LogP contribution in [0.15, 0.2) is 24.3 Å². The average molecular weight is 334 g/mol. The van der Waals surface area contributed by atoms with E-state index in [1.54, 1.807) is 12.1 Å². The number of benzene rings is 1. The van der Waals surface area contributed by atoms with Gasteiger partial charge in [0, 0.05) is 12.3 Å². The molecule has 1 aromatic carbocycles. The summed E-state index contributed by atoms with van der Waals surface area (Å²) < 4.78 is 48.6. The second-order valence-corrected chi connectivity index (χ2v) is 9.02. The Morgan fingerprint density at radius 2 is 1.71 bits per heavy atom. The van der Waals surface area contributed by atoms with Crippen LogP contribution in [-0.2, 0) is 19.9 Å². The molecule has 1 unspecified atom stereocenters. The lowest BCUT2D eigenvalue weighted by atomic mass is 10.1. The summed E-state index contributed by atoms with van der Waals surface area (Å²) in [7, 11) is -7.01. The maximum atomic E-state index is 12.0. The molecule has 0 spiro atoms. The summed E-state index contributed by atoms with van der Waals surface area (Å²) >= 11 is 0. The van der Waals surface area contributed by atoms with Crippen LogP contribution in [0, 0.1) is 0 Å². The van der Waals surface area contributed by atoms with Crippen LogP contribution < -0.4 is 10.0 Å². The fourth-order valence-electron chi connectivity index (χ4n) is 1.86. The molecule has 1 rings (SSSR count). The van der Waals surface area contributed by atoms with Gasteiger partial charge >= 0.3 is 0 Å². The van der Waals surface area contributed by atoms with Crippen molar-refractivity contribution in [3.05, 3.63) is 29.8 Å². The highest BCUT2D eigenvalue weighted by molar-refractivity contribution is 7.95. The second kappa shape index (κ2) is 7.24. The molecule has 2 N–H and O–H groups in total. The summed E-state index contributed by atoms with van der Waals surface area (Å²) in [6.45, 7) is 4.67. The predicted octanol–water partition coefficient (Wildman–Crippen LogP) is 1.14. The number of hydrogen-bond donors (Lipinski definition) is 2. The normalized spacial score (nSPS) is 13.9. The number of nitrogens with one attached hydrogen (secondary N) is 2. The van der Waals surface area contributed by atoms with Crippen LogP contribution in [0.3, 0.4) is 0 Å². The molecule has 1 aromatic rings. The Bertz CT molecular complexity index is 669. The number of sulfonamides is 1. The van der Waals surface area contributed by atoms with Crippen LogP contribution in [0.2, 0.25) is 0 Å². The number of sulfone groups is 1. The first-order valence-electron chi connectivity index (χ1n) is 6.65. The maximum absolute atomic E-state index is 12.0. The van der Waals surface area contributed by atoms with E-state index in [2.05, 4.69) is 10.0 Å². The number of hydrogen-bond acceptors (Lipinski definition) is 5. The van der Waals surface area contributed by atoms with Crippen molar-refractivity contribution in [2.24, 2.45) is 0 Å². The van der Waals surface area contributed by atoms with Crippen LogP contribution in [-0.4, -0.2) is 41.1 Å². The van der Waals surface area contributed by atoms with Crippen LogP contribution >= 0.6 is 0 Å². The quantitative estimate of drug-likeness (QED) is 0.744. The smallest absolute Gasteiger partial charge is 0.233 e. The molecular weight excluding hydrogens is 312 g/mol. The molecule has 8 heteroatoms. The van der Waals surface area contributed by atoms with Gasteiger partial charge in [-0.3, -0.25) is 4.72 Å². The van der Waals surface area contributed by atoms with Gasteiger partial charge in [0.05, 0.1) is 17.2 Å². The first kappa shape index (κ1) is 17.9. The van der Waals surface area contributed by atoms with Crippen molar-refractivity contribution in [2.75, 3.05) is 29.0 Å². The van der Waals surface area contributed by atoms with Crippen LogP contribution in [0.4, 0.5) is 5.69 Å². The number of para-hydroxylation sites is 1. The van der Waals surface area contributed by atoms with Gasteiger partial charge in [0.15, 0.2) is 0 Å². The van der Waals surface area contributed by atoms with Gasteiger partial charge in [0.1, 0.15) is 9.84 Å². The molecule has 0 bridgehead atoms. The molecule has 21 heavy (non-hydrogen) atoms. The monoisotopic (exact) mass is 334 g/mol. The minimum atomic E-state index is -3.70. The minimum absolute atomic E-state index is 0.0104. The summed E-state index contributed by atoms with van der Waals surface area (Å²) in [5.74, 6) is -0.844. The van der Waals surface area contributed by atoms with E-state index in [1.165, 1.54) is 0 Å². The van der Waals surface area contributed by atoms with Gasteiger partial charge in [-0.2, -0.15) is 0 Å². The molecule has 1 atom stereocenters. The van der Waals surface area contributed by atoms with E-state index in [1.807, 2.05) is 26.0 Å². The zero-order valence-corrected chi connectivity index (χ0v) is 14.1. The molecular formula is C13H22N2O4S2. The van der Waals surface area contributed by atoms with E-state index in [0.29, 0.717) is 5.69 Å². The summed E-state index contributed by atoms with van der Waals surface area (Å²) in [5.41, 5.74) is 1.29. The van der Waals surface area contributed by atoms with Gasteiger partial charge in [-0.1, -0.05) is 25.1 Å². The highest BCUT2D eigenvalue weighted by Gasteiger charge is 2.17. The third-order valence-corrected chi connectivity index (χ3v) is 5.40. The van der Waals surface area contributed by atoms with Crippen molar-refractivity contribution in [2.45, 2.75) is 19.9 Å². The standard InChI is InChI=1S/C13H22N2O4S2/c1-4-14-11(2)12-7-5-6-8-13(12)15-21(18,19)10-9-20(3,16)17/h5-8,11,14-15H,4,9-10H2,1-3H3. The van der Waals surface area contributed by atoms with Gasteiger partial charge in [-0.15, -0.1) is 0 Å². The second-order valence-electron chi connectivity index (χ2n) is 4.92. The Morgan fingerprint density at radius 3 is 2.29 bits per heavy atom. The van der Waals surface area contributed by atoms with Crippen molar-refractivity contribution in [3.8, 4) is 0 Å². The molecule has 0 aliphatic rings. The van der Waals surface area contributed by atoms with E-state index < -0.39 is 31.4 Å². The Morgan fingerprint density at radius 1 is 1.10 bits per heavy atom. The average Bonchev–Trinajstić information content (AvgIpc) is 2.36. The lowest BCUT2D eigenvalue weighted by molar-refractivity contribution is 0.591. The molecule has 0 saturated heterocycles. The molecule has 0 aliphatic heterocycles. The number of anilines is 1. The first-order valence-corrected chi connectivity index (χ1v) is 10.4. The third-order valence-electron chi connectivity index (χ3n) is 2.93.